The highest BCUT2D eigenvalue weighted by Crippen LogP contribution is 2.29. The molecule has 0 unspecified atom stereocenters. The van der Waals surface area contributed by atoms with Gasteiger partial charge < -0.3 is 10.5 Å². The van der Waals surface area contributed by atoms with Crippen molar-refractivity contribution in [3.63, 3.8) is 0 Å². The van der Waals surface area contributed by atoms with Gasteiger partial charge in [0.1, 0.15) is 5.69 Å². The summed E-state index contributed by atoms with van der Waals surface area (Å²) in [7, 11) is 0. The van der Waals surface area contributed by atoms with E-state index in [9.17, 15) is 8.78 Å². The highest BCUT2D eigenvalue weighted by Gasteiger charge is 2.14. The molecule has 0 saturated heterocycles. The van der Waals surface area contributed by atoms with E-state index < -0.39 is 11.6 Å². The third-order valence-corrected chi connectivity index (χ3v) is 2.55. The fraction of sp³-hybridized carbons (Fsp3) is 0.0909. The summed E-state index contributed by atoms with van der Waals surface area (Å²) in [6, 6.07) is 2.30. The summed E-state index contributed by atoms with van der Waals surface area (Å²) in [5.74, 6) is -2.34. The van der Waals surface area contributed by atoms with Crippen LogP contribution in [0, 0.1) is 11.6 Å². The van der Waals surface area contributed by atoms with E-state index in [0.717, 1.165) is 6.07 Å². The maximum atomic E-state index is 13.5. The first kappa shape index (κ1) is 12.8. The molecule has 1 heterocycles. The monoisotopic (exact) mass is 315 g/mol. The van der Waals surface area contributed by atoms with Crippen molar-refractivity contribution in [1.82, 2.24) is 9.97 Å². The summed E-state index contributed by atoms with van der Waals surface area (Å²) in [6.07, 6.45) is 2.81. The van der Waals surface area contributed by atoms with Gasteiger partial charge in [-0.15, -0.1) is 0 Å². The van der Waals surface area contributed by atoms with Crippen molar-refractivity contribution in [3.05, 3.63) is 46.3 Å². The summed E-state index contributed by atoms with van der Waals surface area (Å²) >= 11 is 3.05. The summed E-state index contributed by atoms with van der Waals surface area (Å²) in [5, 5.41) is 0. The molecule has 0 fully saturated rings. The lowest BCUT2D eigenvalue weighted by Crippen LogP contribution is -2.04. The van der Waals surface area contributed by atoms with Crippen LogP contribution >= 0.6 is 15.9 Å². The van der Waals surface area contributed by atoms with Gasteiger partial charge in [0.25, 0.3) is 0 Å². The predicted molar refractivity (Wildman–Crippen MR) is 64.1 cm³/mol. The van der Waals surface area contributed by atoms with E-state index in [1.165, 1.54) is 18.5 Å². The smallest absolute Gasteiger partial charge is 0.242 e. The SMILES string of the molecule is NCc1nccnc1Oc1cc(Br)cc(F)c1F. The number of rotatable bonds is 3. The van der Waals surface area contributed by atoms with Crippen LogP contribution in [0.1, 0.15) is 5.69 Å². The highest BCUT2D eigenvalue weighted by atomic mass is 79.9. The first-order chi connectivity index (χ1) is 8.61. The third-order valence-electron chi connectivity index (χ3n) is 2.10. The second-order valence-corrected chi connectivity index (χ2v) is 4.23. The Morgan fingerprint density at radius 2 is 1.94 bits per heavy atom. The first-order valence-corrected chi connectivity index (χ1v) is 5.73. The Bertz CT molecular complexity index is 580. The van der Waals surface area contributed by atoms with Crippen molar-refractivity contribution < 1.29 is 13.5 Å². The maximum absolute atomic E-state index is 13.5. The van der Waals surface area contributed by atoms with Crippen molar-refractivity contribution in [2.75, 3.05) is 0 Å². The van der Waals surface area contributed by atoms with Crippen LogP contribution in [0.4, 0.5) is 8.78 Å². The Morgan fingerprint density at radius 3 is 2.67 bits per heavy atom. The number of nitrogens with two attached hydrogens (primary N) is 1. The number of hydrogen-bond acceptors (Lipinski definition) is 4. The second-order valence-electron chi connectivity index (χ2n) is 3.31. The predicted octanol–water partition coefficient (Wildman–Crippen LogP) is 2.77. The Balaban J connectivity index is 2.40. The van der Waals surface area contributed by atoms with Gasteiger partial charge in [-0.25, -0.2) is 9.37 Å². The van der Waals surface area contributed by atoms with Crippen molar-refractivity contribution >= 4 is 15.9 Å². The Hall–Kier alpha value is -1.60. The molecular weight excluding hydrogens is 308 g/mol. The zero-order valence-corrected chi connectivity index (χ0v) is 10.6. The molecule has 0 bridgehead atoms. The normalized spacial score (nSPS) is 10.4. The molecule has 1 aromatic heterocycles. The number of benzene rings is 1. The molecule has 0 radical (unpaired) electrons. The van der Waals surface area contributed by atoms with Crippen molar-refractivity contribution in [2.24, 2.45) is 5.73 Å². The molecule has 2 rings (SSSR count). The lowest BCUT2D eigenvalue weighted by atomic mass is 10.3. The van der Waals surface area contributed by atoms with Crippen LogP contribution < -0.4 is 10.5 Å². The Labute approximate surface area is 110 Å². The lowest BCUT2D eigenvalue weighted by Gasteiger charge is -2.09. The van der Waals surface area contributed by atoms with Crippen molar-refractivity contribution in [3.8, 4) is 11.6 Å². The molecule has 4 nitrogen and oxygen atoms in total. The molecular formula is C11H8BrF2N3O. The third kappa shape index (κ3) is 2.62. The van der Waals surface area contributed by atoms with Crippen LogP contribution in [0.2, 0.25) is 0 Å². The van der Waals surface area contributed by atoms with Crippen molar-refractivity contribution in [2.45, 2.75) is 6.54 Å². The van der Waals surface area contributed by atoms with Gasteiger partial charge in [-0.2, -0.15) is 4.39 Å². The Morgan fingerprint density at radius 1 is 1.22 bits per heavy atom. The molecule has 94 valence electrons. The van der Waals surface area contributed by atoms with E-state index in [2.05, 4.69) is 25.9 Å². The molecule has 0 saturated carbocycles. The van der Waals surface area contributed by atoms with E-state index in [0.29, 0.717) is 10.2 Å². The molecule has 2 N–H and O–H groups in total. The number of ether oxygens (including phenoxy) is 1. The molecule has 1 aromatic carbocycles. The fourth-order valence-electron chi connectivity index (χ4n) is 1.29. The van der Waals surface area contributed by atoms with Crippen LogP contribution in [-0.4, -0.2) is 9.97 Å². The van der Waals surface area contributed by atoms with E-state index in [1.807, 2.05) is 0 Å². The largest absolute Gasteiger partial charge is 0.434 e. The summed E-state index contributed by atoms with van der Waals surface area (Å²) in [6.45, 7) is 0.0846. The van der Waals surface area contributed by atoms with Gasteiger partial charge in [-0.3, -0.25) is 4.98 Å². The van der Waals surface area contributed by atoms with E-state index in [-0.39, 0.29) is 18.2 Å². The van der Waals surface area contributed by atoms with Crippen LogP contribution in [-0.2, 0) is 6.54 Å². The highest BCUT2D eigenvalue weighted by molar-refractivity contribution is 9.10. The fourth-order valence-corrected chi connectivity index (χ4v) is 1.70. The molecule has 0 aliphatic heterocycles. The maximum Gasteiger partial charge on any atom is 0.242 e. The van der Waals surface area contributed by atoms with Gasteiger partial charge in [0.15, 0.2) is 11.6 Å². The van der Waals surface area contributed by atoms with Crippen LogP contribution in [0.3, 0.4) is 0 Å². The van der Waals surface area contributed by atoms with Crippen LogP contribution in [0.25, 0.3) is 0 Å². The van der Waals surface area contributed by atoms with E-state index in [4.69, 9.17) is 10.5 Å². The van der Waals surface area contributed by atoms with Gasteiger partial charge in [0.05, 0.1) is 0 Å². The van der Waals surface area contributed by atoms with Gasteiger partial charge in [0.2, 0.25) is 11.7 Å². The number of hydrogen-bond donors (Lipinski definition) is 1. The molecule has 0 aliphatic rings. The molecule has 2 aromatic rings. The number of nitrogens with zero attached hydrogens (tertiary/aromatic N) is 2. The minimum atomic E-state index is -1.09. The van der Waals surface area contributed by atoms with Gasteiger partial charge in [-0.1, -0.05) is 15.9 Å². The molecule has 0 atom stereocenters. The van der Waals surface area contributed by atoms with Crippen molar-refractivity contribution in [1.29, 1.82) is 0 Å². The average Bonchev–Trinajstić information content (AvgIpc) is 2.36. The molecule has 0 amide bonds. The molecule has 0 aliphatic carbocycles. The number of halogens is 3. The minimum absolute atomic E-state index is 0.0522. The van der Waals surface area contributed by atoms with Gasteiger partial charge in [-0.05, 0) is 12.1 Å². The minimum Gasteiger partial charge on any atom is -0.434 e. The van der Waals surface area contributed by atoms with E-state index in [1.54, 1.807) is 0 Å². The zero-order valence-electron chi connectivity index (χ0n) is 9.03. The standard InChI is InChI=1S/C11H8BrF2N3O/c12-6-3-7(13)10(14)9(4-6)18-11-8(5-15)16-1-2-17-11/h1-4H,5,15H2. The second kappa shape index (κ2) is 5.36. The molecule has 0 spiro atoms. The zero-order chi connectivity index (χ0) is 13.1. The first-order valence-electron chi connectivity index (χ1n) is 4.94. The van der Waals surface area contributed by atoms with Crippen LogP contribution in [0.5, 0.6) is 11.6 Å². The molecule has 18 heavy (non-hydrogen) atoms. The molecule has 7 heteroatoms. The van der Waals surface area contributed by atoms with Crippen LogP contribution in [0.15, 0.2) is 29.0 Å². The van der Waals surface area contributed by atoms with E-state index >= 15 is 0 Å². The average molecular weight is 316 g/mol. The topological polar surface area (TPSA) is 61.0 Å². The lowest BCUT2D eigenvalue weighted by molar-refractivity contribution is 0.399. The van der Waals surface area contributed by atoms with Gasteiger partial charge in [0, 0.05) is 23.4 Å². The number of aromatic nitrogens is 2. The van der Waals surface area contributed by atoms with Gasteiger partial charge >= 0.3 is 0 Å². The summed E-state index contributed by atoms with van der Waals surface area (Å²) in [5.41, 5.74) is 5.80. The Kier molecular flexibility index (Phi) is 3.83. The quantitative estimate of drug-likeness (QED) is 0.885. The summed E-state index contributed by atoms with van der Waals surface area (Å²) < 4.78 is 32.2. The summed E-state index contributed by atoms with van der Waals surface area (Å²) in [4.78, 5) is 7.80.